The first-order valence-corrected chi connectivity index (χ1v) is 6.62. The summed E-state index contributed by atoms with van der Waals surface area (Å²) in [5.41, 5.74) is 4.28. The second kappa shape index (κ2) is 7.32. The molecule has 0 saturated heterocycles. The third-order valence-electron chi connectivity index (χ3n) is 2.52. The lowest BCUT2D eigenvalue weighted by Gasteiger charge is -2.10. The van der Waals surface area contributed by atoms with E-state index in [2.05, 4.69) is 5.43 Å². The highest BCUT2D eigenvalue weighted by molar-refractivity contribution is 7.98. The highest BCUT2D eigenvalue weighted by Gasteiger charge is 2.13. The molecule has 17 heavy (non-hydrogen) atoms. The van der Waals surface area contributed by atoms with Crippen LogP contribution in [0.1, 0.15) is 24.0 Å². The van der Waals surface area contributed by atoms with E-state index in [0.29, 0.717) is 0 Å². The van der Waals surface area contributed by atoms with Gasteiger partial charge in [0.25, 0.3) is 0 Å². The molecule has 0 radical (unpaired) electrons. The first-order chi connectivity index (χ1) is 8.19. The van der Waals surface area contributed by atoms with Gasteiger partial charge < -0.3 is 5.11 Å². The summed E-state index contributed by atoms with van der Waals surface area (Å²) in [5.74, 6) is 6.29. The van der Waals surface area contributed by atoms with E-state index in [-0.39, 0.29) is 18.4 Å². The molecule has 5 heteroatoms. The summed E-state index contributed by atoms with van der Waals surface area (Å²) in [6.07, 6.45) is 0. The van der Waals surface area contributed by atoms with Crippen molar-refractivity contribution in [3.63, 3.8) is 0 Å². The van der Waals surface area contributed by atoms with Gasteiger partial charge in [-0.2, -0.15) is 11.8 Å². The van der Waals surface area contributed by atoms with Crippen LogP contribution in [0.4, 0.5) is 0 Å². The molecular formula is C12H18N2O2S. The molecule has 0 heterocycles. The van der Waals surface area contributed by atoms with Gasteiger partial charge in [0.2, 0.25) is 5.91 Å². The Morgan fingerprint density at radius 3 is 2.65 bits per heavy atom. The van der Waals surface area contributed by atoms with Crippen LogP contribution in [-0.4, -0.2) is 23.4 Å². The Bertz CT molecular complexity index is 354. The summed E-state index contributed by atoms with van der Waals surface area (Å²) in [5, 5.41) is 8.67. The van der Waals surface area contributed by atoms with E-state index < -0.39 is 0 Å². The normalized spacial score (nSPS) is 12.2. The van der Waals surface area contributed by atoms with Gasteiger partial charge in [-0.3, -0.25) is 10.2 Å². The predicted molar refractivity (Wildman–Crippen MR) is 70.4 cm³/mol. The van der Waals surface area contributed by atoms with Crippen LogP contribution in [0.3, 0.4) is 0 Å². The minimum atomic E-state index is -0.237. The molecule has 1 rings (SSSR count). The van der Waals surface area contributed by atoms with Crippen molar-refractivity contribution in [2.45, 2.75) is 18.6 Å². The number of carbonyl (C=O) groups is 1. The number of hydrazine groups is 1. The summed E-state index contributed by atoms with van der Waals surface area (Å²) < 4.78 is 0. The lowest BCUT2D eigenvalue weighted by molar-refractivity contribution is -0.122. The van der Waals surface area contributed by atoms with Gasteiger partial charge in [-0.05, 0) is 18.1 Å². The quantitative estimate of drug-likeness (QED) is 0.306. The molecule has 4 nitrogen and oxygen atoms in total. The average Bonchev–Trinajstić information content (AvgIpc) is 2.38. The maximum Gasteiger partial charge on any atom is 0.241 e. The number of amides is 1. The van der Waals surface area contributed by atoms with Crippen LogP contribution in [0.2, 0.25) is 0 Å². The average molecular weight is 254 g/mol. The highest BCUT2D eigenvalue weighted by atomic mass is 32.2. The number of hydrogen-bond acceptors (Lipinski definition) is 4. The number of hydrogen-bond donors (Lipinski definition) is 3. The summed E-state index contributed by atoms with van der Waals surface area (Å²) >= 11 is 1.68. The summed E-state index contributed by atoms with van der Waals surface area (Å²) in [4.78, 5) is 11.3. The van der Waals surface area contributed by atoms with Gasteiger partial charge in [-0.15, -0.1) is 0 Å². The van der Waals surface area contributed by atoms with Crippen LogP contribution in [0.15, 0.2) is 24.3 Å². The number of thioether (sulfide) groups is 1. The Balaban J connectivity index is 2.58. The fourth-order valence-corrected chi connectivity index (χ4v) is 2.14. The lowest BCUT2D eigenvalue weighted by Crippen LogP contribution is -2.33. The Hall–Kier alpha value is -1.04. The zero-order valence-corrected chi connectivity index (χ0v) is 10.7. The van der Waals surface area contributed by atoms with Gasteiger partial charge in [0.1, 0.15) is 0 Å². The minimum Gasteiger partial charge on any atom is -0.396 e. The van der Waals surface area contributed by atoms with Gasteiger partial charge in [0, 0.05) is 11.5 Å². The predicted octanol–water partition coefficient (Wildman–Crippen LogP) is 1.01. The number of aliphatic hydroxyl groups excluding tert-OH is 1. The smallest absolute Gasteiger partial charge is 0.241 e. The molecule has 0 saturated carbocycles. The first-order valence-electron chi connectivity index (χ1n) is 5.47. The van der Waals surface area contributed by atoms with Gasteiger partial charge in [-0.25, -0.2) is 5.84 Å². The monoisotopic (exact) mass is 254 g/mol. The second-order valence-corrected chi connectivity index (χ2v) is 4.85. The maximum absolute atomic E-state index is 11.3. The molecule has 0 bridgehead atoms. The Kier molecular flexibility index (Phi) is 6.04. The van der Waals surface area contributed by atoms with E-state index >= 15 is 0 Å². The molecule has 0 aliphatic carbocycles. The third-order valence-corrected chi connectivity index (χ3v) is 3.53. The highest BCUT2D eigenvalue weighted by Crippen LogP contribution is 2.18. The van der Waals surface area contributed by atoms with Crippen molar-refractivity contribution in [3.05, 3.63) is 35.4 Å². The van der Waals surface area contributed by atoms with E-state index in [9.17, 15) is 4.79 Å². The summed E-state index contributed by atoms with van der Waals surface area (Å²) in [6.45, 7) is 2.02. The van der Waals surface area contributed by atoms with Crippen molar-refractivity contribution >= 4 is 17.7 Å². The molecule has 94 valence electrons. The largest absolute Gasteiger partial charge is 0.396 e. The van der Waals surface area contributed by atoms with Crippen molar-refractivity contribution in [3.8, 4) is 0 Å². The fraction of sp³-hybridized carbons (Fsp3) is 0.417. The zero-order valence-electron chi connectivity index (χ0n) is 9.85. The molecule has 0 spiro atoms. The maximum atomic E-state index is 11.3. The van der Waals surface area contributed by atoms with Crippen molar-refractivity contribution in [2.75, 3.05) is 12.4 Å². The van der Waals surface area contributed by atoms with Crippen molar-refractivity contribution in [2.24, 2.45) is 5.84 Å². The molecule has 0 aliphatic rings. The Morgan fingerprint density at radius 1 is 1.47 bits per heavy atom. The zero-order chi connectivity index (χ0) is 12.7. The van der Waals surface area contributed by atoms with Gasteiger partial charge in [0.15, 0.2) is 0 Å². The summed E-state index contributed by atoms with van der Waals surface area (Å²) in [7, 11) is 0. The molecule has 4 N–H and O–H groups in total. The third kappa shape index (κ3) is 4.38. The lowest BCUT2D eigenvalue weighted by atomic mass is 10.00. The van der Waals surface area contributed by atoms with E-state index in [0.717, 1.165) is 17.1 Å². The molecule has 0 fully saturated rings. The Labute approximate surface area is 106 Å². The van der Waals surface area contributed by atoms with Crippen LogP contribution in [0.5, 0.6) is 0 Å². The molecule has 0 aliphatic heterocycles. The number of nitrogens with one attached hydrogen (secondary N) is 1. The molecule has 1 aromatic rings. The van der Waals surface area contributed by atoms with Crippen LogP contribution >= 0.6 is 11.8 Å². The molecule has 1 amide bonds. The SMILES string of the molecule is CC(C(=O)NN)c1ccc(CSCCO)cc1. The van der Waals surface area contributed by atoms with Gasteiger partial charge in [0.05, 0.1) is 12.5 Å². The van der Waals surface area contributed by atoms with E-state index in [4.69, 9.17) is 10.9 Å². The van der Waals surface area contributed by atoms with Crippen molar-refractivity contribution < 1.29 is 9.90 Å². The van der Waals surface area contributed by atoms with Crippen LogP contribution < -0.4 is 11.3 Å². The number of benzene rings is 1. The number of aliphatic hydroxyl groups is 1. The molecule has 1 atom stereocenters. The van der Waals surface area contributed by atoms with Crippen LogP contribution in [0.25, 0.3) is 0 Å². The van der Waals surface area contributed by atoms with E-state index in [1.165, 1.54) is 5.56 Å². The fourth-order valence-electron chi connectivity index (χ4n) is 1.43. The molecule has 1 unspecified atom stereocenters. The molecule has 1 aromatic carbocycles. The molecular weight excluding hydrogens is 236 g/mol. The van der Waals surface area contributed by atoms with Gasteiger partial charge >= 0.3 is 0 Å². The first kappa shape index (κ1) is 14.0. The summed E-state index contributed by atoms with van der Waals surface area (Å²) in [6, 6.07) is 7.88. The van der Waals surface area contributed by atoms with Crippen molar-refractivity contribution in [1.29, 1.82) is 0 Å². The Morgan fingerprint density at radius 2 is 2.12 bits per heavy atom. The number of rotatable bonds is 6. The van der Waals surface area contributed by atoms with Crippen LogP contribution in [0, 0.1) is 0 Å². The van der Waals surface area contributed by atoms with E-state index in [1.54, 1.807) is 11.8 Å². The minimum absolute atomic E-state index is 0.188. The number of nitrogens with two attached hydrogens (primary N) is 1. The topological polar surface area (TPSA) is 75.4 Å². The number of carbonyl (C=O) groups excluding carboxylic acids is 1. The molecule has 0 aromatic heterocycles. The van der Waals surface area contributed by atoms with Crippen molar-refractivity contribution in [1.82, 2.24) is 5.43 Å². The standard InChI is InChI=1S/C12H18N2O2S/c1-9(12(16)14-13)11-4-2-10(3-5-11)8-17-7-6-15/h2-5,9,15H,6-8,13H2,1H3,(H,14,16). The second-order valence-electron chi connectivity index (χ2n) is 3.75. The van der Waals surface area contributed by atoms with E-state index in [1.807, 2.05) is 31.2 Å². The van der Waals surface area contributed by atoms with Gasteiger partial charge in [-0.1, -0.05) is 24.3 Å². The van der Waals surface area contributed by atoms with Crippen LogP contribution in [-0.2, 0) is 10.5 Å².